The predicted molar refractivity (Wildman–Crippen MR) is 49.9 cm³/mol. The summed E-state index contributed by atoms with van der Waals surface area (Å²) < 4.78 is 25.2. The van der Waals surface area contributed by atoms with Crippen LogP contribution in [-0.4, -0.2) is 29.9 Å². The Labute approximate surface area is 84.7 Å². The molecule has 0 unspecified atom stereocenters. The lowest BCUT2D eigenvalue weighted by Crippen LogP contribution is -2.57. The summed E-state index contributed by atoms with van der Waals surface area (Å²) in [5.74, 6) is -3.11. The summed E-state index contributed by atoms with van der Waals surface area (Å²) in [5.41, 5.74) is 5.28. The SMILES string of the molecule is NC(=O)c1cccnc1N1CC(F)(F)C1. The molecule has 6 heteroatoms. The Morgan fingerprint density at radius 3 is 2.73 bits per heavy atom. The zero-order valence-corrected chi connectivity index (χ0v) is 7.78. The third-order valence-corrected chi connectivity index (χ3v) is 2.20. The maximum absolute atomic E-state index is 12.6. The molecule has 0 radical (unpaired) electrons. The number of pyridine rings is 1. The molecule has 15 heavy (non-hydrogen) atoms. The summed E-state index contributed by atoms with van der Waals surface area (Å²) in [6.45, 7) is -0.825. The molecule has 4 nitrogen and oxygen atoms in total. The van der Waals surface area contributed by atoms with Gasteiger partial charge in [0.1, 0.15) is 5.82 Å². The van der Waals surface area contributed by atoms with Crippen molar-refractivity contribution in [3.8, 4) is 0 Å². The first-order valence-electron chi connectivity index (χ1n) is 4.37. The van der Waals surface area contributed by atoms with Crippen LogP contribution in [0, 0.1) is 0 Å². The van der Waals surface area contributed by atoms with E-state index >= 15 is 0 Å². The molecule has 0 aliphatic carbocycles. The standard InChI is InChI=1S/C9H9F2N3O/c10-9(11)4-14(5-9)8-6(7(12)15)2-1-3-13-8/h1-3H,4-5H2,(H2,12,15). The molecule has 2 heterocycles. The molecule has 1 aromatic rings. The van der Waals surface area contributed by atoms with E-state index in [9.17, 15) is 13.6 Å². The maximum atomic E-state index is 12.6. The third kappa shape index (κ3) is 1.74. The summed E-state index contributed by atoms with van der Waals surface area (Å²) in [5, 5.41) is 0. The topological polar surface area (TPSA) is 59.2 Å². The van der Waals surface area contributed by atoms with Crippen LogP contribution in [0.4, 0.5) is 14.6 Å². The first kappa shape index (κ1) is 9.82. The molecule has 1 aliphatic heterocycles. The van der Waals surface area contributed by atoms with Gasteiger partial charge in [-0.25, -0.2) is 13.8 Å². The number of anilines is 1. The van der Waals surface area contributed by atoms with E-state index in [1.165, 1.54) is 17.2 Å². The number of carbonyl (C=O) groups is 1. The molecule has 2 rings (SSSR count). The van der Waals surface area contributed by atoms with Gasteiger partial charge in [0.05, 0.1) is 18.7 Å². The van der Waals surface area contributed by atoms with E-state index in [2.05, 4.69) is 4.98 Å². The van der Waals surface area contributed by atoms with Gasteiger partial charge in [0, 0.05) is 6.20 Å². The maximum Gasteiger partial charge on any atom is 0.282 e. The Kier molecular flexibility index (Phi) is 2.06. The summed E-state index contributed by atoms with van der Waals surface area (Å²) >= 11 is 0. The van der Waals surface area contributed by atoms with Crippen molar-refractivity contribution in [2.45, 2.75) is 5.92 Å². The van der Waals surface area contributed by atoms with Crippen LogP contribution in [0.5, 0.6) is 0 Å². The molecule has 80 valence electrons. The number of amides is 1. The second-order valence-electron chi connectivity index (χ2n) is 3.45. The summed E-state index contributed by atoms with van der Waals surface area (Å²) in [6.07, 6.45) is 1.44. The molecule has 1 amide bonds. The Balaban J connectivity index is 2.26. The van der Waals surface area contributed by atoms with Gasteiger partial charge >= 0.3 is 0 Å². The van der Waals surface area contributed by atoms with Crippen LogP contribution in [0.15, 0.2) is 18.3 Å². The highest BCUT2D eigenvalue weighted by atomic mass is 19.3. The summed E-state index contributed by atoms with van der Waals surface area (Å²) in [4.78, 5) is 16.2. The summed E-state index contributed by atoms with van der Waals surface area (Å²) in [6, 6.07) is 3.02. The molecule has 0 atom stereocenters. The number of nitrogens with zero attached hydrogens (tertiary/aromatic N) is 2. The van der Waals surface area contributed by atoms with E-state index in [-0.39, 0.29) is 11.4 Å². The highest BCUT2D eigenvalue weighted by molar-refractivity contribution is 5.97. The normalized spacial score (nSPS) is 18.4. The van der Waals surface area contributed by atoms with Crippen molar-refractivity contribution in [2.24, 2.45) is 5.73 Å². The molecule has 2 N–H and O–H groups in total. The minimum Gasteiger partial charge on any atom is -0.365 e. The van der Waals surface area contributed by atoms with Gasteiger partial charge in [0.2, 0.25) is 0 Å². The zero-order chi connectivity index (χ0) is 11.1. The number of hydrogen-bond donors (Lipinski definition) is 1. The minimum absolute atomic E-state index is 0.174. The number of carbonyl (C=O) groups excluding carboxylic acids is 1. The average Bonchev–Trinajstić information content (AvgIpc) is 2.14. The lowest BCUT2D eigenvalue weighted by atomic mass is 10.1. The van der Waals surface area contributed by atoms with Crippen molar-refractivity contribution in [1.82, 2.24) is 4.98 Å². The van der Waals surface area contributed by atoms with E-state index in [4.69, 9.17) is 5.73 Å². The van der Waals surface area contributed by atoms with Crippen molar-refractivity contribution in [3.05, 3.63) is 23.9 Å². The van der Waals surface area contributed by atoms with Gasteiger partial charge in [-0.15, -0.1) is 0 Å². The third-order valence-electron chi connectivity index (χ3n) is 2.20. The van der Waals surface area contributed by atoms with E-state index in [1.807, 2.05) is 0 Å². The van der Waals surface area contributed by atoms with Crippen LogP contribution >= 0.6 is 0 Å². The van der Waals surface area contributed by atoms with Crippen LogP contribution in [0.2, 0.25) is 0 Å². The van der Waals surface area contributed by atoms with Crippen molar-refractivity contribution in [1.29, 1.82) is 0 Å². The van der Waals surface area contributed by atoms with Crippen molar-refractivity contribution >= 4 is 11.7 Å². The second-order valence-corrected chi connectivity index (χ2v) is 3.45. The lowest BCUT2D eigenvalue weighted by molar-refractivity contribution is -0.0267. The Morgan fingerprint density at radius 1 is 1.53 bits per heavy atom. The molecular weight excluding hydrogens is 204 g/mol. The molecule has 0 aromatic carbocycles. The van der Waals surface area contributed by atoms with Crippen molar-refractivity contribution < 1.29 is 13.6 Å². The molecule has 0 bridgehead atoms. The Hall–Kier alpha value is -1.72. The zero-order valence-electron chi connectivity index (χ0n) is 7.78. The van der Waals surface area contributed by atoms with Crippen LogP contribution < -0.4 is 10.6 Å². The predicted octanol–water partition coefficient (Wildman–Crippen LogP) is 0.636. The number of aromatic nitrogens is 1. The molecule has 0 spiro atoms. The lowest BCUT2D eigenvalue weighted by Gasteiger charge is -2.40. The molecule has 1 aliphatic rings. The Bertz CT molecular complexity index is 400. The van der Waals surface area contributed by atoms with Gasteiger partial charge in [-0.05, 0) is 12.1 Å². The van der Waals surface area contributed by atoms with Gasteiger partial charge < -0.3 is 10.6 Å². The van der Waals surface area contributed by atoms with Crippen molar-refractivity contribution in [3.63, 3.8) is 0 Å². The average molecular weight is 213 g/mol. The Morgan fingerprint density at radius 2 is 2.20 bits per heavy atom. The first-order valence-corrected chi connectivity index (χ1v) is 4.37. The van der Waals surface area contributed by atoms with E-state index in [0.717, 1.165) is 0 Å². The van der Waals surface area contributed by atoms with Crippen molar-refractivity contribution in [2.75, 3.05) is 18.0 Å². The van der Waals surface area contributed by atoms with Gasteiger partial charge in [-0.1, -0.05) is 0 Å². The fraction of sp³-hybridized carbons (Fsp3) is 0.333. The first-order chi connectivity index (χ1) is 6.99. The van der Waals surface area contributed by atoms with Gasteiger partial charge in [0.15, 0.2) is 0 Å². The quantitative estimate of drug-likeness (QED) is 0.784. The van der Waals surface area contributed by atoms with E-state index < -0.39 is 24.9 Å². The smallest absolute Gasteiger partial charge is 0.282 e. The fourth-order valence-corrected chi connectivity index (χ4v) is 1.50. The number of alkyl halides is 2. The number of rotatable bonds is 2. The minimum atomic E-state index is -2.69. The number of nitrogens with two attached hydrogens (primary N) is 1. The largest absolute Gasteiger partial charge is 0.365 e. The molecular formula is C9H9F2N3O. The molecule has 0 saturated carbocycles. The number of halogens is 2. The molecule has 1 fully saturated rings. The number of primary amides is 1. The summed E-state index contributed by atoms with van der Waals surface area (Å²) in [7, 11) is 0. The monoisotopic (exact) mass is 213 g/mol. The second kappa shape index (κ2) is 3.15. The molecule has 1 aromatic heterocycles. The van der Waals surface area contributed by atoms with Crippen LogP contribution in [0.3, 0.4) is 0 Å². The van der Waals surface area contributed by atoms with Gasteiger partial charge in [-0.2, -0.15) is 0 Å². The van der Waals surface area contributed by atoms with Gasteiger partial charge in [0.25, 0.3) is 11.8 Å². The number of hydrogen-bond acceptors (Lipinski definition) is 3. The van der Waals surface area contributed by atoms with Crippen LogP contribution in [-0.2, 0) is 0 Å². The highest BCUT2D eigenvalue weighted by Gasteiger charge is 2.45. The fourth-order valence-electron chi connectivity index (χ4n) is 1.50. The van der Waals surface area contributed by atoms with E-state index in [0.29, 0.717) is 0 Å². The molecule has 1 saturated heterocycles. The van der Waals surface area contributed by atoms with Gasteiger partial charge in [-0.3, -0.25) is 4.79 Å². The van der Waals surface area contributed by atoms with Crippen LogP contribution in [0.1, 0.15) is 10.4 Å². The highest BCUT2D eigenvalue weighted by Crippen LogP contribution is 2.31. The van der Waals surface area contributed by atoms with E-state index in [1.54, 1.807) is 6.07 Å². The van der Waals surface area contributed by atoms with Crippen LogP contribution in [0.25, 0.3) is 0 Å².